The molecule has 25 heavy (non-hydrogen) atoms. The standard InChI is InChI=1S/C17H18ClNO5S/c1-23-15-7-6-12(18)10-16(15)25(21,22)19-11-17(20)8-9-24-14-5-3-2-4-13(14)17/h2-7,10,19-20H,8-9,11H2,1H3. The van der Waals surface area contributed by atoms with Gasteiger partial charge in [-0.25, -0.2) is 13.1 Å². The Hall–Kier alpha value is -1.80. The molecule has 3 rings (SSSR count). The Morgan fingerprint density at radius 1 is 1.32 bits per heavy atom. The van der Waals surface area contributed by atoms with E-state index in [0.717, 1.165) is 0 Å². The number of nitrogens with one attached hydrogen (secondary N) is 1. The summed E-state index contributed by atoms with van der Waals surface area (Å²) < 4.78 is 38.4. The SMILES string of the molecule is COc1ccc(Cl)cc1S(=O)(=O)NCC1(O)CCOc2ccccc21. The number of rotatable bonds is 5. The lowest BCUT2D eigenvalue weighted by Crippen LogP contribution is -2.43. The van der Waals surface area contributed by atoms with Gasteiger partial charge in [-0.1, -0.05) is 29.8 Å². The molecular weight excluding hydrogens is 366 g/mol. The van der Waals surface area contributed by atoms with Crippen molar-refractivity contribution >= 4 is 21.6 Å². The minimum Gasteiger partial charge on any atom is -0.495 e. The van der Waals surface area contributed by atoms with Crippen LogP contribution in [0.25, 0.3) is 0 Å². The minimum atomic E-state index is -3.93. The molecule has 0 saturated carbocycles. The number of sulfonamides is 1. The van der Waals surface area contributed by atoms with E-state index in [1.54, 1.807) is 30.3 Å². The van der Waals surface area contributed by atoms with Gasteiger partial charge in [-0.3, -0.25) is 0 Å². The first-order valence-corrected chi connectivity index (χ1v) is 9.50. The molecule has 0 saturated heterocycles. The van der Waals surface area contributed by atoms with Gasteiger partial charge in [-0.05, 0) is 24.3 Å². The fourth-order valence-electron chi connectivity index (χ4n) is 2.78. The number of hydrogen-bond donors (Lipinski definition) is 2. The van der Waals surface area contributed by atoms with E-state index in [-0.39, 0.29) is 28.6 Å². The number of methoxy groups -OCH3 is 1. The Morgan fingerprint density at radius 2 is 2.08 bits per heavy atom. The van der Waals surface area contributed by atoms with Crippen LogP contribution in [-0.2, 0) is 15.6 Å². The third kappa shape index (κ3) is 3.59. The van der Waals surface area contributed by atoms with E-state index in [2.05, 4.69) is 4.72 Å². The Bertz CT molecular complexity index is 886. The third-order valence-corrected chi connectivity index (χ3v) is 5.79. The molecule has 2 aromatic rings. The maximum atomic E-state index is 12.7. The van der Waals surface area contributed by atoms with Crippen molar-refractivity contribution in [3.8, 4) is 11.5 Å². The Morgan fingerprint density at radius 3 is 2.84 bits per heavy atom. The summed E-state index contributed by atoms with van der Waals surface area (Å²) in [6, 6.07) is 11.4. The molecule has 1 heterocycles. The number of halogens is 1. The monoisotopic (exact) mass is 383 g/mol. The summed E-state index contributed by atoms with van der Waals surface area (Å²) in [6.45, 7) is 0.112. The highest BCUT2D eigenvalue weighted by Crippen LogP contribution is 2.37. The molecule has 6 nitrogen and oxygen atoms in total. The molecule has 8 heteroatoms. The van der Waals surface area contributed by atoms with Crippen molar-refractivity contribution in [3.05, 3.63) is 53.1 Å². The average Bonchev–Trinajstić information content (AvgIpc) is 2.61. The molecule has 0 fully saturated rings. The summed E-state index contributed by atoms with van der Waals surface area (Å²) in [4.78, 5) is -0.0774. The highest BCUT2D eigenvalue weighted by atomic mass is 35.5. The van der Waals surface area contributed by atoms with Gasteiger partial charge < -0.3 is 14.6 Å². The third-order valence-electron chi connectivity index (χ3n) is 4.13. The topological polar surface area (TPSA) is 84.9 Å². The van der Waals surface area contributed by atoms with Crippen molar-refractivity contribution in [1.29, 1.82) is 0 Å². The van der Waals surface area contributed by atoms with Gasteiger partial charge in [0.2, 0.25) is 10.0 Å². The molecular formula is C17H18ClNO5S. The largest absolute Gasteiger partial charge is 0.495 e. The predicted octanol–water partition coefficient (Wildman–Crippen LogP) is 2.30. The van der Waals surface area contributed by atoms with Crippen molar-refractivity contribution in [1.82, 2.24) is 4.72 Å². The van der Waals surface area contributed by atoms with E-state index in [4.69, 9.17) is 21.1 Å². The van der Waals surface area contributed by atoms with Crippen LogP contribution in [0.5, 0.6) is 11.5 Å². The molecule has 1 aliphatic heterocycles. The van der Waals surface area contributed by atoms with Gasteiger partial charge in [0.1, 0.15) is 22.0 Å². The summed E-state index contributed by atoms with van der Waals surface area (Å²) in [5.74, 6) is 0.729. The fourth-order valence-corrected chi connectivity index (χ4v) is 4.30. The molecule has 0 spiro atoms. The summed E-state index contributed by atoms with van der Waals surface area (Å²) >= 11 is 5.91. The van der Waals surface area contributed by atoms with Gasteiger partial charge in [0.05, 0.1) is 13.7 Å². The molecule has 1 unspecified atom stereocenters. The molecule has 0 bridgehead atoms. The normalized spacial score (nSPS) is 19.8. The zero-order valence-corrected chi connectivity index (χ0v) is 15.1. The first-order valence-electron chi connectivity index (χ1n) is 7.64. The molecule has 134 valence electrons. The van der Waals surface area contributed by atoms with Crippen molar-refractivity contribution in [3.63, 3.8) is 0 Å². The van der Waals surface area contributed by atoms with Crippen LogP contribution in [0.3, 0.4) is 0 Å². The molecule has 1 atom stereocenters. The van der Waals surface area contributed by atoms with Crippen LogP contribution in [-0.4, -0.2) is 33.8 Å². The van der Waals surface area contributed by atoms with E-state index >= 15 is 0 Å². The van der Waals surface area contributed by atoms with Gasteiger partial charge in [0, 0.05) is 23.6 Å². The molecule has 0 radical (unpaired) electrons. The van der Waals surface area contributed by atoms with Crippen LogP contribution in [0.2, 0.25) is 5.02 Å². The van der Waals surface area contributed by atoms with E-state index < -0.39 is 15.6 Å². The molecule has 2 N–H and O–H groups in total. The minimum absolute atomic E-state index is 0.0774. The second-order valence-electron chi connectivity index (χ2n) is 5.75. The Balaban J connectivity index is 1.88. The van der Waals surface area contributed by atoms with Gasteiger partial charge in [0.25, 0.3) is 0 Å². The highest BCUT2D eigenvalue weighted by molar-refractivity contribution is 7.89. The number of ether oxygens (including phenoxy) is 2. The second-order valence-corrected chi connectivity index (χ2v) is 7.92. The summed E-state index contributed by atoms with van der Waals surface area (Å²) in [6.07, 6.45) is 0.277. The van der Waals surface area contributed by atoms with Crippen LogP contribution < -0.4 is 14.2 Å². The first-order chi connectivity index (χ1) is 11.9. The molecule has 0 aromatic heterocycles. The highest BCUT2D eigenvalue weighted by Gasteiger charge is 2.37. The van der Waals surface area contributed by atoms with Crippen molar-refractivity contribution in [2.45, 2.75) is 16.9 Å². The lowest BCUT2D eigenvalue weighted by Gasteiger charge is -2.34. The Kier molecular flexibility index (Phi) is 4.92. The number of para-hydroxylation sites is 1. The van der Waals surface area contributed by atoms with Crippen LogP contribution in [0.1, 0.15) is 12.0 Å². The molecule has 0 amide bonds. The van der Waals surface area contributed by atoms with E-state index in [9.17, 15) is 13.5 Å². The summed E-state index contributed by atoms with van der Waals surface area (Å²) in [5, 5.41) is 11.2. The van der Waals surface area contributed by atoms with Gasteiger partial charge in [-0.15, -0.1) is 0 Å². The van der Waals surface area contributed by atoms with Crippen molar-refractivity contribution in [2.24, 2.45) is 0 Å². The number of hydrogen-bond acceptors (Lipinski definition) is 5. The van der Waals surface area contributed by atoms with Crippen molar-refractivity contribution in [2.75, 3.05) is 20.3 Å². The van der Waals surface area contributed by atoms with E-state index in [1.807, 2.05) is 0 Å². The molecule has 0 aliphatic carbocycles. The maximum absolute atomic E-state index is 12.7. The van der Waals surface area contributed by atoms with Crippen LogP contribution in [0.4, 0.5) is 0 Å². The number of benzene rings is 2. The smallest absolute Gasteiger partial charge is 0.244 e. The lowest BCUT2D eigenvalue weighted by atomic mass is 9.88. The lowest BCUT2D eigenvalue weighted by molar-refractivity contribution is 0.00218. The fraction of sp³-hybridized carbons (Fsp3) is 0.294. The second kappa shape index (κ2) is 6.84. The number of fused-ring (bicyclic) bond motifs is 1. The van der Waals surface area contributed by atoms with Crippen LogP contribution >= 0.6 is 11.6 Å². The average molecular weight is 384 g/mol. The molecule has 1 aliphatic rings. The van der Waals surface area contributed by atoms with Gasteiger partial charge in [0.15, 0.2) is 0 Å². The predicted molar refractivity (Wildman–Crippen MR) is 93.6 cm³/mol. The van der Waals surface area contributed by atoms with Crippen LogP contribution in [0, 0.1) is 0 Å². The number of aliphatic hydroxyl groups is 1. The zero-order chi connectivity index (χ0) is 18.1. The Labute approximate surface area is 151 Å². The zero-order valence-electron chi connectivity index (χ0n) is 13.5. The quantitative estimate of drug-likeness (QED) is 0.827. The van der Waals surface area contributed by atoms with Gasteiger partial charge >= 0.3 is 0 Å². The van der Waals surface area contributed by atoms with Crippen LogP contribution in [0.15, 0.2) is 47.4 Å². The molecule has 2 aromatic carbocycles. The van der Waals surface area contributed by atoms with E-state index in [1.165, 1.54) is 19.2 Å². The van der Waals surface area contributed by atoms with E-state index in [0.29, 0.717) is 17.9 Å². The first kappa shape index (κ1) is 18.0. The maximum Gasteiger partial charge on any atom is 0.244 e. The summed E-state index contributed by atoms with van der Waals surface area (Å²) in [5.41, 5.74) is -0.796. The summed E-state index contributed by atoms with van der Waals surface area (Å²) in [7, 11) is -2.55. The van der Waals surface area contributed by atoms with Gasteiger partial charge in [-0.2, -0.15) is 0 Å². The van der Waals surface area contributed by atoms with Crippen molar-refractivity contribution < 1.29 is 23.0 Å².